The fraction of sp³-hybridized carbons (Fsp3) is 0.0333. The summed E-state index contributed by atoms with van der Waals surface area (Å²) >= 11 is 0. The van der Waals surface area contributed by atoms with Crippen molar-refractivity contribution in [3.63, 3.8) is 0 Å². The van der Waals surface area contributed by atoms with Gasteiger partial charge in [-0.3, -0.25) is 4.98 Å². The molecule has 0 aliphatic carbocycles. The van der Waals surface area contributed by atoms with Crippen molar-refractivity contribution >= 4 is 45.0 Å². The zero-order valence-corrected chi connectivity index (χ0v) is 19.1. The molecule has 6 aromatic rings. The van der Waals surface area contributed by atoms with E-state index in [1.807, 2.05) is 6.20 Å². The summed E-state index contributed by atoms with van der Waals surface area (Å²) in [6.45, 7) is 0. The van der Waals surface area contributed by atoms with Crippen LogP contribution in [0.25, 0.3) is 21.8 Å². The number of nitrogens with zero attached hydrogens (tertiary/aromatic N) is 1. The molecule has 1 N–H and O–H groups in total. The van der Waals surface area contributed by atoms with Crippen molar-refractivity contribution in [2.24, 2.45) is 0 Å². The Bertz CT molecular complexity index is 1430. The molecular weight excluding hydrogens is 419 g/mol. The van der Waals surface area contributed by atoms with Crippen molar-refractivity contribution in [1.29, 1.82) is 0 Å². The minimum Gasteiger partial charge on any atom is -0.353 e. The van der Waals surface area contributed by atoms with Crippen LogP contribution >= 0.6 is 7.26 Å². The lowest BCUT2D eigenvalue weighted by Crippen LogP contribution is -2.32. The molecule has 158 valence electrons. The largest absolute Gasteiger partial charge is 0.353 e. The van der Waals surface area contributed by atoms with Crippen molar-refractivity contribution in [2.75, 3.05) is 0 Å². The van der Waals surface area contributed by atoms with Gasteiger partial charge in [-0.05, 0) is 48.5 Å². The van der Waals surface area contributed by atoms with Crippen LogP contribution in [0.2, 0.25) is 0 Å². The minimum absolute atomic E-state index is 0.875. The fourth-order valence-electron chi connectivity index (χ4n) is 4.89. The fourth-order valence-corrected chi connectivity index (χ4v) is 9.04. The quantitative estimate of drug-likeness (QED) is 0.315. The summed E-state index contributed by atoms with van der Waals surface area (Å²) in [7, 11) is -1.97. The Kier molecular flexibility index (Phi) is 5.02. The van der Waals surface area contributed by atoms with Gasteiger partial charge < -0.3 is 4.98 Å². The van der Waals surface area contributed by atoms with Gasteiger partial charge in [0, 0.05) is 16.3 Å². The molecule has 0 bridgehead atoms. The molecular formula is C30H24N2P+. The SMILES string of the molecule is c1ccc([P+](Cc2cc3c(cn2)[nH]c2ccccc23)(c2ccccc2)c2ccccc2)cc1. The van der Waals surface area contributed by atoms with E-state index in [1.54, 1.807) is 0 Å². The van der Waals surface area contributed by atoms with Gasteiger partial charge in [0.2, 0.25) is 0 Å². The number of para-hydroxylation sites is 1. The highest BCUT2D eigenvalue weighted by Crippen LogP contribution is 2.58. The second-order valence-electron chi connectivity index (χ2n) is 8.37. The number of benzene rings is 4. The van der Waals surface area contributed by atoms with Gasteiger partial charge in [0.15, 0.2) is 0 Å². The van der Waals surface area contributed by atoms with Gasteiger partial charge in [0.05, 0.1) is 17.4 Å². The first-order chi connectivity index (χ1) is 16.3. The molecule has 0 unspecified atom stereocenters. The lowest BCUT2D eigenvalue weighted by Gasteiger charge is -2.27. The third kappa shape index (κ3) is 3.44. The number of H-pyrrole nitrogens is 1. The van der Waals surface area contributed by atoms with E-state index >= 15 is 0 Å². The van der Waals surface area contributed by atoms with E-state index in [1.165, 1.54) is 26.7 Å². The highest BCUT2D eigenvalue weighted by atomic mass is 31.2. The molecule has 0 spiro atoms. The first kappa shape index (κ1) is 19.9. The van der Waals surface area contributed by atoms with Crippen molar-refractivity contribution in [3.05, 3.63) is 133 Å². The van der Waals surface area contributed by atoms with Crippen LogP contribution in [-0.4, -0.2) is 9.97 Å². The third-order valence-corrected chi connectivity index (χ3v) is 10.8. The number of pyridine rings is 1. The summed E-state index contributed by atoms with van der Waals surface area (Å²) in [5.41, 5.74) is 3.36. The monoisotopic (exact) mass is 443 g/mol. The zero-order valence-electron chi connectivity index (χ0n) is 18.2. The van der Waals surface area contributed by atoms with E-state index in [-0.39, 0.29) is 0 Å². The number of fused-ring (bicyclic) bond motifs is 3. The summed E-state index contributed by atoms with van der Waals surface area (Å²) in [6.07, 6.45) is 2.88. The van der Waals surface area contributed by atoms with Crippen molar-refractivity contribution in [1.82, 2.24) is 9.97 Å². The Morgan fingerprint density at radius 2 is 1.06 bits per heavy atom. The molecule has 33 heavy (non-hydrogen) atoms. The van der Waals surface area contributed by atoms with E-state index in [0.29, 0.717) is 0 Å². The Morgan fingerprint density at radius 1 is 0.545 bits per heavy atom. The van der Waals surface area contributed by atoms with Crippen LogP contribution in [0.1, 0.15) is 5.69 Å². The normalized spacial score (nSPS) is 11.8. The van der Waals surface area contributed by atoms with E-state index in [2.05, 4.69) is 126 Å². The number of aromatic nitrogens is 2. The molecule has 0 aliphatic heterocycles. The number of hydrogen-bond acceptors (Lipinski definition) is 1. The average Bonchev–Trinajstić information content (AvgIpc) is 3.27. The second-order valence-corrected chi connectivity index (χ2v) is 11.9. The topological polar surface area (TPSA) is 28.7 Å². The number of nitrogens with one attached hydrogen (secondary N) is 1. The smallest absolute Gasteiger partial charge is 0.118 e. The molecule has 0 saturated heterocycles. The molecule has 3 heteroatoms. The highest BCUT2D eigenvalue weighted by molar-refractivity contribution is 7.95. The summed E-state index contributed by atoms with van der Waals surface area (Å²) in [6, 6.07) is 43.8. The molecule has 0 aliphatic rings. The summed E-state index contributed by atoms with van der Waals surface area (Å²) in [5, 5.41) is 6.62. The lowest BCUT2D eigenvalue weighted by atomic mass is 10.2. The Balaban J connectivity index is 1.60. The van der Waals surface area contributed by atoms with E-state index in [0.717, 1.165) is 22.9 Å². The summed E-state index contributed by atoms with van der Waals surface area (Å²) in [4.78, 5) is 8.47. The maximum absolute atomic E-state index is 4.96. The van der Waals surface area contributed by atoms with Crippen LogP contribution in [0.4, 0.5) is 0 Å². The van der Waals surface area contributed by atoms with Gasteiger partial charge in [-0.2, -0.15) is 0 Å². The molecule has 0 radical (unpaired) electrons. The standard InChI is InChI=1S/C30H24N2P/c1-4-12-24(13-5-1)33(25-14-6-2-7-15-25,26-16-8-3-9-17-26)22-23-20-28-27-18-10-11-19-29(27)32-30(28)21-31-23/h1-21,32H,22H2/q+1. The third-order valence-electron chi connectivity index (χ3n) is 6.44. The predicted molar refractivity (Wildman–Crippen MR) is 142 cm³/mol. The highest BCUT2D eigenvalue weighted by Gasteiger charge is 2.45. The van der Waals surface area contributed by atoms with Crippen LogP contribution < -0.4 is 15.9 Å². The van der Waals surface area contributed by atoms with E-state index in [4.69, 9.17) is 4.98 Å². The summed E-state index contributed by atoms with van der Waals surface area (Å²) < 4.78 is 0. The Labute approximate surface area is 194 Å². The van der Waals surface area contributed by atoms with E-state index < -0.39 is 7.26 Å². The van der Waals surface area contributed by atoms with Crippen LogP contribution in [0.3, 0.4) is 0 Å². The van der Waals surface area contributed by atoms with Gasteiger partial charge in [-0.1, -0.05) is 72.8 Å². The minimum atomic E-state index is -1.97. The second kappa shape index (κ2) is 8.31. The molecule has 0 saturated carbocycles. The average molecular weight is 444 g/mol. The zero-order chi connectivity index (χ0) is 22.1. The molecule has 0 amide bonds. The number of aromatic amines is 1. The first-order valence-electron chi connectivity index (χ1n) is 11.2. The van der Waals surface area contributed by atoms with Crippen molar-refractivity contribution in [3.8, 4) is 0 Å². The van der Waals surface area contributed by atoms with Gasteiger partial charge in [0.25, 0.3) is 0 Å². The van der Waals surface area contributed by atoms with Gasteiger partial charge >= 0.3 is 0 Å². The Hall–Kier alpha value is -3.74. The molecule has 4 aromatic carbocycles. The van der Waals surface area contributed by atoms with Crippen molar-refractivity contribution in [2.45, 2.75) is 6.16 Å². The van der Waals surface area contributed by atoms with Crippen LogP contribution in [0.15, 0.2) is 128 Å². The van der Waals surface area contributed by atoms with Crippen LogP contribution in [0.5, 0.6) is 0 Å². The van der Waals surface area contributed by atoms with Gasteiger partial charge in [-0.25, -0.2) is 0 Å². The van der Waals surface area contributed by atoms with E-state index in [9.17, 15) is 0 Å². The summed E-state index contributed by atoms with van der Waals surface area (Å²) in [5.74, 6) is 0. The first-order valence-corrected chi connectivity index (χ1v) is 13.2. The number of rotatable bonds is 5. The maximum atomic E-state index is 4.96. The molecule has 2 aromatic heterocycles. The molecule has 2 heterocycles. The molecule has 0 atom stereocenters. The number of hydrogen-bond donors (Lipinski definition) is 1. The molecule has 2 nitrogen and oxygen atoms in total. The predicted octanol–water partition coefficient (Wildman–Crippen LogP) is 6.21. The van der Waals surface area contributed by atoms with Crippen LogP contribution in [0, 0.1) is 0 Å². The van der Waals surface area contributed by atoms with Gasteiger partial charge in [-0.15, -0.1) is 0 Å². The molecule has 6 rings (SSSR count). The molecule has 0 fully saturated rings. The maximum Gasteiger partial charge on any atom is 0.118 e. The Morgan fingerprint density at radius 3 is 1.64 bits per heavy atom. The van der Waals surface area contributed by atoms with Gasteiger partial charge in [0.1, 0.15) is 29.3 Å². The lowest BCUT2D eigenvalue weighted by molar-refractivity contribution is 1.18. The van der Waals surface area contributed by atoms with Crippen molar-refractivity contribution < 1.29 is 0 Å². The van der Waals surface area contributed by atoms with Crippen LogP contribution in [-0.2, 0) is 6.16 Å².